The monoisotopic (exact) mass is 268 g/mol. The van der Waals surface area contributed by atoms with Gasteiger partial charge in [0.1, 0.15) is 5.75 Å². The van der Waals surface area contributed by atoms with Gasteiger partial charge in [-0.15, -0.1) is 0 Å². The Labute approximate surface area is 112 Å². The number of thioether (sulfide) groups is 1. The molecule has 0 aliphatic carbocycles. The van der Waals surface area contributed by atoms with Crippen molar-refractivity contribution in [3.63, 3.8) is 0 Å². The average Bonchev–Trinajstić information content (AvgIpc) is 2.36. The van der Waals surface area contributed by atoms with Crippen LogP contribution in [0.25, 0.3) is 0 Å². The van der Waals surface area contributed by atoms with Gasteiger partial charge in [-0.3, -0.25) is 4.79 Å². The molecule has 5 heteroatoms. The predicted octanol–water partition coefficient (Wildman–Crippen LogP) is 1.91. The van der Waals surface area contributed by atoms with Gasteiger partial charge in [0.2, 0.25) is 0 Å². The third-order valence-electron chi connectivity index (χ3n) is 2.45. The van der Waals surface area contributed by atoms with Gasteiger partial charge in [-0.1, -0.05) is 13.0 Å². The first-order valence-corrected chi connectivity index (χ1v) is 7.31. The summed E-state index contributed by atoms with van der Waals surface area (Å²) >= 11 is 1.72. The fraction of sp³-hybridized carbons (Fsp3) is 0.462. The van der Waals surface area contributed by atoms with Crippen LogP contribution in [0.15, 0.2) is 24.3 Å². The van der Waals surface area contributed by atoms with E-state index in [1.165, 1.54) is 0 Å². The van der Waals surface area contributed by atoms with Crippen LogP contribution in [0.1, 0.15) is 13.3 Å². The molecular formula is C13H20N2O2S. The Morgan fingerprint density at radius 3 is 2.94 bits per heavy atom. The number of nitrogen functional groups attached to an aromatic ring is 1. The minimum absolute atomic E-state index is 0.0222. The van der Waals surface area contributed by atoms with E-state index in [-0.39, 0.29) is 18.6 Å². The van der Waals surface area contributed by atoms with Gasteiger partial charge in [0.15, 0.2) is 6.61 Å². The topological polar surface area (TPSA) is 64.3 Å². The zero-order valence-electron chi connectivity index (χ0n) is 10.8. The number of carbonyl (C=O) groups is 1. The molecule has 0 aliphatic rings. The highest BCUT2D eigenvalue weighted by Gasteiger charge is 2.10. The van der Waals surface area contributed by atoms with Crippen molar-refractivity contribution in [3.05, 3.63) is 24.3 Å². The van der Waals surface area contributed by atoms with Crippen molar-refractivity contribution in [3.8, 4) is 5.75 Å². The standard InChI is InChI=1S/C13H20N2O2S/c1-3-11(9-18-2)15-13(16)8-17-12-6-4-5-10(14)7-12/h4-7,11H,3,8-9,14H2,1-2H3,(H,15,16). The molecule has 1 atom stereocenters. The zero-order chi connectivity index (χ0) is 13.4. The van der Waals surface area contributed by atoms with E-state index in [0.717, 1.165) is 12.2 Å². The molecular weight excluding hydrogens is 248 g/mol. The molecule has 100 valence electrons. The summed E-state index contributed by atoms with van der Waals surface area (Å²) in [5.41, 5.74) is 6.25. The molecule has 0 spiro atoms. The van der Waals surface area contributed by atoms with Crippen molar-refractivity contribution >= 4 is 23.4 Å². The van der Waals surface area contributed by atoms with Crippen molar-refractivity contribution < 1.29 is 9.53 Å². The van der Waals surface area contributed by atoms with Gasteiger partial charge in [0.25, 0.3) is 5.91 Å². The zero-order valence-corrected chi connectivity index (χ0v) is 11.6. The molecule has 0 fully saturated rings. The summed E-state index contributed by atoms with van der Waals surface area (Å²) in [4.78, 5) is 11.7. The van der Waals surface area contributed by atoms with Gasteiger partial charge in [-0.2, -0.15) is 11.8 Å². The van der Waals surface area contributed by atoms with Crippen LogP contribution in [0.2, 0.25) is 0 Å². The Morgan fingerprint density at radius 1 is 1.56 bits per heavy atom. The van der Waals surface area contributed by atoms with E-state index in [1.54, 1.807) is 36.0 Å². The van der Waals surface area contributed by atoms with E-state index in [0.29, 0.717) is 11.4 Å². The second-order valence-corrected chi connectivity index (χ2v) is 4.90. The van der Waals surface area contributed by atoms with Gasteiger partial charge >= 0.3 is 0 Å². The summed E-state index contributed by atoms with van der Waals surface area (Å²) in [7, 11) is 0. The molecule has 0 aliphatic heterocycles. The Morgan fingerprint density at radius 2 is 2.33 bits per heavy atom. The minimum Gasteiger partial charge on any atom is -0.484 e. The fourth-order valence-corrected chi connectivity index (χ4v) is 2.21. The molecule has 1 unspecified atom stereocenters. The lowest BCUT2D eigenvalue weighted by Gasteiger charge is -2.15. The molecule has 0 aromatic heterocycles. The second kappa shape index (κ2) is 7.87. The lowest BCUT2D eigenvalue weighted by Crippen LogP contribution is -2.39. The minimum atomic E-state index is -0.0988. The van der Waals surface area contributed by atoms with Crippen LogP contribution < -0.4 is 15.8 Å². The number of amides is 1. The molecule has 0 saturated heterocycles. The quantitative estimate of drug-likeness (QED) is 0.741. The Kier molecular flexibility index (Phi) is 6.43. The Hall–Kier alpha value is -1.36. The van der Waals surface area contributed by atoms with E-state index in [9.17, 15) is 4.79 Å². The highest BCUT2D eigenvalue weighted by molar-refractivity contribution is 7.98. The molecule has 0 saturated carbocycles. The normalized spacial score (nSPS) is 11.9. The lowest BCUT2D eigenvalue weighted by molar-refractivity contribution is -0.123. The highest BCUT2D eigenvalue weighted by Crippen LogP contribution is 2.14. The van der Waals surface area contributed by atoms with Crippen LogP contribution in [-0.2, 0) is 4.79 Å². The van der Waals surface area contributed by atoms with E-state index in [1.807, 2.05) is 6.26 Å². The number of nitrogens with two attached hydrogens (primary N) is 1. The maximum absolute atomic E-state index is 11.7. The number of rotatable bonds is 7. The Bertz CT molecular complexity index is 385. The van der Waals surface area contributed by atoms with Crippen molar-refractivity contribution in [2.45, 2.75) is 19.4 Å². The number of hydrogen-bond acceptors (Lipinski definition) is 4. The van der Waals surface area contributed by atoms with Gasteiger partial charge < -0.3 is 15.8 Å². The maximum Gasteiger partial charge on any atom is 0.258 e. The molecule has 0 bridgehead atoms. The molecule has 1 aromatic rings. The van der Waals surface area contributed by atoms with Crippen LogP contribution in [0.5, 0.6) is 5.75 Å². The number of benzene rings is 1. The third-order valence-corrected chi connectivity index (χ3v) is 3.19. The van der Waals surface area contributed by atoms with Crippen LogP contribution in [-0.4, -0.2) is 30.6 Å². The van der Waals surface area contributed by atoms with Crippen LogP contribution in [0.4, 0.5) is 5.69 Å². The van der Waals surface area contributed by atoms with Crippen molar-refractivity contribution in [1.82, 2.24) is 5.32 Å². The fourth-order valence-electron chi connectivity index (χ4n) is 1.49. The largest absolute Gasteiger partial charge is 0.484 e. The van der Waals surface area contributed by atoms with Gasteiger partial charge in [0.05, 0.1) is 0 Å². The van der Waals surface area contributed by atoms with E-state index in [4.69, 9.17) is 10.5 Å². The number of hydrogen-bond donors (Lipinski definition) is 2. The van der Waals surface area contributed by atoms with E-state index in [2.05, 4.69) is 12.2 Å². The van der Waals surface area contributed by atoms with Crippen molar-refractivity contribution in [1.29, 1.82) is 0 Å². The van der Waals surface area contributed by atoms with Crippen molar-refractivity contribution in [2.24, 2.45) is 0 Å². The first-order valence-electron chi connectivity index (χ1n) is 5.92. The number of ether oxygens (including phenoxy) is 1. The summed E-state index contributed by atoms with van der Waals surface area (Å²) in [5.74, 6) is 1.43. The molecule has 18 heavy (non-hydrogen) atoms. The molecule has 1 aromatic carbocycles. The summed E-state index contributed by atoms with van der Waals surface area (Å²) in [6.07, 6.45) is 2.95. The van der Waals surface area contributed by atoms with Gasteiger partial charge in [0, 0.05) is 23.5 Å². The average molecular weight is 268 g/mol. The lowest BCUT2D eigenvalue weighted by atomic mass is 10.2. The first-order chi connectivity index (χ1) is 8.65. The predicted molar refractivity (Wildman–Crippen MR) is 77.0 cm³/mol. The SMILES string of the molecule is CCC(CSC)NC(=O)COc1cccc(N)c1. The third kappa shape index (κ3) is 5.31. The van der Waals surface area contributed by atoms with Gasteiger partial charge in [-0.25, -0.2) is 0 Å². The van der Waals surface area contributed by atoms with Gasteiger partial charge in [-0.05, 0) is 24.8 Å². The van der Waals surface area contributed by atoms with Crippen LogP contribution in [0, 0.1) is 0 Å². The number of carbonyl (C=O) groups excluding carboxylic acids is 1. The molecule has 0 heterocycles. The van der Waals surface area contributed by atoms with Crippen LogP contribution >= 0.6 is 11.8 Å². The number of nitrogens with one attached hydrogen (secondary N) is 1. The summed E-state index contributed by atoms with van der Waals surface area (Å²) in [6.45, 7) is 2.08. The van der Waals surface area contributed by atoms with E-state index >= 15 is 0 Å². The summed E-state index contributed by atoms with van der Waals surface area (Å²) in [6, 6.07) is 7.26. The maximum atomic E-state index is 11.7. The summed E-state index contributed by atoms with van der Waals surface area (Å²) in [5, 5.41) is 2.94. The molecule has 3 N–H and O–H groups in total. The van der Waals surface area contributed by atoms with Crippen molar-refractivity contribution in [2.75, 3.05) is 24.3 Å². The second-order valence-electron chi connectivity index (χ2n) is 3.99. The number of anilines is 1. The molecule has 0 radical (unpaired) electrons. The van der Waals surface area contributed by atoms with Crippen LogP contribution in [0.3, 0.4) is 0 Å². The van der Waals surface area contributed by atoms with E-state index < -0.39 is 0 Å². The summed E-state index contributed by atoms with van der Waals surface area (Å²) < 4.78 is 5.37. The highest BCUT2D eigenvalue weighted by atomic mass is 32.2. The molecule has 1 rings (SSSR count). The molecule has 1 amide bonds. The smallest absolute Gasteiger partial charge is 0.258 e. The first kappa shape index (κ1) is 14.7. The Balaban J connectivity index is 2.36. The molecule has 4 nitrogen and oxygen atoms in total.